The number of carbonyl (C=O) groups is 1. The second-order valence-electron chi connectivity index (χ2n) is 5.44. The molecule has 21 heavy (non-hydrogen) atoms. The fourth-order valence-electron chi connectivity index (χ4n) is 2.94. The van der Waals surface area contributed by atoms with Crippen LogP contribution in [0.1, 0.15) is 18.1 Å². The zero-order valence-electron chi connectivity index (χ0n) is 12.1. The normalized spacial score (nSPS) is 20.0. The average Bonchev–Trinajstić information content (AvgIpc) is 2.90. The summed E-state index contributed by atoms with van der Waals surface area (Å²) in [5, 5.41) is 10.3. The predicted molar refractivity (Wildman–Crippen MR) is 80.3 cm³/mol. The van der Waals surface area contributed by atoms with Gasteiger partial charge in [0.05, 0.1) is 6.61 Å². The van der Waals surface area contributed by atoms with Gasteiger partial charge in [-0.25, -0.2) is 4.79 Å². The number of morpholine rings is 1. The van der Waals surface area contributed by atoms with Gasteiger partial charge in [-0.3, -0.25) is 4.90 Å². The summed E-state index contributed by atoms with van der Waals surface area (Å²) in [5.41, 5.74) is 3.72. The Balaban J connectivity index is 1.80. The third-order valence-corrected chi connectivity index (χ3v) is 4.09. The van der Waals surface area contributed by atoms with Crippen LogP contribution in [0.4, 0.5) is 0 Å². The molecule has 0 bridgehead atoms. The summed E-state index contributed by atoms with van der Waals surface area (Å²) in [6.07, 6.45) is 2.32. The molecule has 2 heterocycles. The molecule has 3 rings (SSSR count). The summed E-state index contributed by atoms with van der Waals surface area (Å²) in [7, 11) is 0. The fraction of sp³-hybridized carbons (Fsp3) is 0.438. The number of benzene rings is 1. The largest absolute Gasteiger partial charge is 0.479 e. The van der Waals surface area contributed by atoms with Gasteiger partial charge in [-0.2, -0.15) is 0 Å². The maximum absolute atomic E-state index is 11.0. The van der Waals surface area contributed by atoms with Gasteiger partial charge in [0.1, 0.15) is 0 Å². The first-order valence-electron chi connectivity index (χ1n) is 7.33. The number of para-hydroxylation sites is 1. The highest BCUT2D eigenvalue weighted by atomic mass is 16.5. The van der Waals surface area contributed by atoms with Crippen molar-refractivity contribution >= 4 is 16.9 Å². The first-order chi connectivity index (χ1) is 10.2. The van der Waals surface area contributed by atoms with Crippen LogP contribution in [0.3, 0.4) is 0 Å². The smallest absolute Gasteiger partial charge is 0.334 e. The number of carboxylic acids is 1. The number of aliphatic carboxylic acids is 1. The highest BCUT2D eigenvalue weighted by Gasteiger charge is 2.26. The Kier molecular flexibility index (Phi) is 3.94. The van der Waals surface area contributed by atoms with E-state index in [1.54, 1.807) is 0 Å². The van der Waals surface area contributed by atoms with E-state index in [4.69, 9.17) is 9.84 Å². The minimum absolute atomic E-state index is 0.440. The lowest BCUT2D eigenvalue weighted by Crippen LogP contribution is -2.45. The van der Waals surface area contributed by atoms with Crippen molar-refractivity contribution in [2.24, 2.45) is 0 Å². The molecular formula is C16H20N2O3. The number of hydrogen-bond donors (Lipinski definition) is 2. The number of carboxylic acid groups (broad SMARTS) is 1. The number of aryl methyl sites for hydroxylation is 1. The molecule has 1 aromatic heterocycles. The van der Waals surface area contributed by atoms with Crippen LogP contribution in [0.25, 0.3) is 10.9 Å². The third-order valence-electron chi connectivity index (χ3n) is 4.09. The Morgan fingerprint density at radius 1 is 1.48 bits per heavy atom. The highest BCUT2D eigenvalue weighted by molar-refractivity contribution is 5.86. The summed E-state index contributed by atoms with van der Waals surface area (Å²) in [5.74, 6) is -0.883. The molecule has 0 radical (unpaired) electrons. The summed E-state index contributed by atoms with van der Waals surface area (Å²) in [6, 6.07) is 6.34. The van der Waals surface area contributed by atoms with Gasteiger partial charge in [0.15, 0.2) is 6.10 Å². The van der Waals surface area contributed by atoms with Crippen LogP contribution in [0.15, 0.2) is 24.4 Å². The lowest BCUT2D eigenvalue weighted by molar-refractivity contribution is -0.156. The van der Waals surface area contributed by atoms with Gasteiger partial charge in [0.2, 0.25) is 0 Å². The van der Waals surface area contributed by atoms with Crippen molar-refractivity contribution in [3.05, 3.63) is 35.5 Å². The number of hydrogen-bond acceptors (Lipinski definition) is 3. The Morgan fingerprint density at radius 2 is 2.33 bits per heavy atom. The zero-order chi connectivity index (χ0) is 14.8. The van der Waals surface area contributed by atoms with Crippen molar-refractivity contribution in [3.8, 4) is 0 Å². The van der Waals surface area contributed by atoms with Gasteiger partial charge in [-0.15, -0.1) is 0 Å². The Labute approximate surface area is 123 Å². The maximum atomic E-state index is 11.0. The van der Waals surface area contributed by atoms with Crippen LogP contribution in [0.5, 0.6) is 0 Å². The van der Waals surface area contributed by atoms with E-state index in [2.05, 4.69) is 35.0 Å². The third kappa shape index (κ3) is 2.80. The fourth-order valence-corrected chi connectivity index (χ4v) is 2.94. The number of aromatic nitrogens is 1. The van der Waals surface area contributed by atoms with E-state index in [-0.39, 0.29) is 0 Å². The van der Waals surface area contributed by atoms with E-state index in [9.17, 15) is 4.79 Å². The van der Waals surface area contributed by atoms with Crippen molar-refractivity contribution in [3.63, 3.8) is 0 Å². The number of nitrogens with one attached hydrogen (secondary N) is 1. The van der Waals surface area contributed by atoms with Gasteiger partial charge >= 0.3 is 5.97 Å². The second kappa shape index (κ2) is 5.87. The standard InChI is InChI=1S/C16H20N2O3/c1-2-11-4-3-5-13-12(8-17-15(11)13)9-18-6-7-21-14(10-18)16(19)20/h3-5,8,14,17H,2,6-7,9-10H2,1H3,(H,19,20). The monoisotopic (exact) mass is 288 g/mol. The van der Waals surface area contributed by atoms with Crippen molar-refractivity contribution in [1.82, 2.24) is 9.88 Å². The van der Waals surface area contributed by atoms with E-state index in [0.29, 0.717) is 13.2 Å². The zero-order valence-corrected chi connectivity index (χ0v) is 12.1. The van der Waals surface area contributed by atoms with Crippen LogP contribution in [-0.2, 0) is 22.5 Å². The van der Waals surface area contributed by atoms with E-state index in [0.717, 1.165) is 19.5 Å². The van der Waals surface area contributed by atoms with Crippen LogP contribution in [-0.4, -0.2) is 46.8 Å². The summed E-state index contributed by atoms with van der Waals surface area (Å²) < 4.78 is 5.26. The first-order valence-corrected chi connectivity index (χ1v) is 7.33. The Hall–Kier alpha value is -1.85. The van der Waals surface area contributed by atoms with Crippen molar-refractivity contribution in [2.45, 2.75) is 26.0 Å². The van der Waals surface area contributed by atoms with E-state index in [1.807, 2.05) is 6.20 Å². The molecule has 0 aliphatic carbocycles. The Morgan fingerprint density at radius 3 is 3.10 bits per heavy atom. The molecule has 5 heteroatoms. The number of ether oxygens (including phenoxy) is 1. The molecule has 1 atom stereocenters. The molecule has 1 saturated heterocycles. The molecule has 1 unspecified atom stereocenters. The molecule has 2 N–H and O–H groups in total. The predicted octanol–water partition coefficient (Wildman–Crippen LogP) is 2.02. The van der Waals surface area contributed by atoms with Crippen LogP contribution < -0.4 is 0 Å². The molecule has 1 aromatic carbocycles. The highest BCUT2D eigenvalue weighted by Crippen LogP contribution is 2.24. The van der Waals surface area contributed by atoms with Crippen LogP contribution in [0, 0.1) is 0 Å². The van der Waals surface area contributed by atoms with Gasteiger partial charge in [-0.1, -0.05) is 25.1 Å². The van der Waals surface area contributed by atoms with Gasteiger partial charge in [0.25, 0.3) is 0 Å². The minimum Gasteiger partial charge on any atom is -0.479 e. The van der Waals surface area contributed by atoms with Crippen molar-refractivity contribution in [1.29, 1.82) is 0 Å². The lowest BCUT2D eigenvalue weighted by Gasteiger charge is -2.30. The molecule has 1 aliphatic heterocycles. The summed E-state index contributed by atoms with van der Waals surface area (Å²) in [4.78, 5) is 16.5. The first kappa shape index (κ1) is 14.1. The van der Waals surface area contributed by atoms with Crippen molar-refractivity contribution < 1.29 is 14.6 Å². The second-order valence-corrected chi connectivity index (χ2v) is 5.44. The lowest BCUT2D eigenvalue weighted by atomic mass is 10.1. The molecule has 5 nitrogen and oxygen atoms in total. The molecule has 0 amide bonds. The maximum Gasteiger partial charge on any atom is 0.334 e. The topological polar surface area (TPSA) is 65.6 Å². The van der Waals surface area contributed by atoms with E-state index < -0.39 is 12.1 Å². The molecule has 0 saturated carbocycles. The van der Waals surface area contributed by atoms with Gasteiger partial charge in [-0.05, 0) is 17.5 Å². The summed E-state index contributed by atoms with van der Waals surface area (Å²) >= 11 is 0. The molecule has 0 spiro atoms. The number of fused-ring (bicyclic) bond motifs is 1. The number of aromatic amines is 1. The Bertz CT molecular complexity index is 650. The van der Waals surface area contributed by atoms with Crippen molar-refractivity contribution in [2.75, 3.05) is 19.7 Å². The molecule has 112 valence electrons. The van der Waals surface area contributed by atoms with Crippen LogP contribution >= 0.6 is 0 Å². The SMILES string of the molecule is CCc1cccc2c(CN3CCOC(C(=O)O)C3)c[nH]c12. The van der Waals surface area contributed by atoms with Gasteiger partial charge in [0, 0.05) is 36.7 Å². The quantitative estimate of drug-likeness (QED) is 0.903. The summed E-state index contributed by atoms with van der Waals surface area (Å²) in [6.45, 7) is 4.58. The number of rotatable bonds is 4. The molecular weight excluding hydrogens is 268 g/mol. The average molecular weight is 288 g/mol. The minimum atomic E-state index is -0.883. The van der Waals surface area contributed by atoms with Gasteiger partial charge < -0.3 is 14.8 Å². The molecule has 2 aromatic rings. The number of H-pyrrole nitrogens is 1. The van der Waals surface area contributed by atoms with Crippen LogP contribution in [0.2, 0.25) is 0 Å². The molecule has 1 aliphatic rings. The van der Waals surface area contributed by atoms with E-state index in [1.165, 1.54) is 22.0 Å². The molecule has 1 fully saturated rings. The number of nitrogens with zero attached hydrogens (tertiary/aromatic N) is 1. The van der Waals surface area contributed by atoms with E-state index >= 15 is 0 Å².